The first-order valence-electron chi connectivity index (χ1n) is 8.18. The van der Waals surface area contributed by atoms with Gasteiger partial charge in [-0.3, -0.25) is 9.89 Å². The number of nitrogens with zero attached hydrogens (tertiary/aromatic N) is 3. The number of nitrogens with two attached hydrogens (primary N) is 1. The lowest BCUT2D eigenvalue weighted by Crippen LogP contribution is -2.49. The van der Waals surface area contributed by atoms with Crippen LogP contribution in [0.5, 0.6) is 0 Å². The fourth-order valence-corrected chi connectivity index (χ4v) is 3.28. The molecule has 2 N–H and O–H groups in total. The maximum Gasteiger partial charge on any atom is 0.191 e. The van der Waals surface area contributed by atoms with E-state index < -0.39 is 0 Å². The number of halogens is 1. The van der Waals surface area contributed by atoms with Gasteiger partial charge in [0.25, 0.3) is 0 Å². The first kappa shape index (κ1) is 18.2. The highest BCUT2D eigenvalue weighted by molar-refractivity contribution is 14.0. The molecule has 2 aliphatic heterocycles. The number of rotatable bonds is 5. The van der Waals surface area contributed by atoms with Gasteiger partial charge in [-0.25, -0.2) is 0 Å². The summed E-state index contributed by atoms with van der Waals surface area (Å²) in [4.78, 5) is 9.32. The Morgan fingerprint density at radius 2 is 1.95 bits per heavy atom. The molecule has 0 aromatic rings. The molecule has 7 heteroatoms. The number of aliphatic imine (C=N–C) groups is 1. The molecule has 6 nitrogen and oxygen atoms in total. The van der Waals surface area contributed by atoms with Gasteiger partial charge in [0.1, 0.15) is 0 Å². The van der Waals surface area contributed by atoms with Crippen molar-refractivity contribution in [3.63, 3.8) is 0 Å². The summed E-state index contributed by atoms with van der Waals surface area (Å²) >= 11 is 0. The van der Waals surface area contributed by atoms with E-state index in [2.05, 4.69) is 21.8 Å². The van der Waals surface area contributed by atoms with E-state index in [-0.39, 0.29) is 24.0 Å². The summed E-state index contributed by atoms with van der Waals surface area (Å²) in [5.41, 5.74) is 6.14. The zero-order chi connectivity index (χ0) is 14.7. The van der Waals surface area contributed by atoms with Crippen molar-refractivity contribution in [2.45, 2.75) is 31.3 Å². The van der Waals surface area contributed by atoms with Crippen LogP contribution in [0.4, 0.5) is 0 Å². The van der Waals surface area contributed by atoms with Gasteiger partial charge in [-0.15, -0.1) is 24.0 Å². The highest BCUT2D eigenvalue weighted by Crippen LogP contribution is 2.25. The molecule has 2 saturated heterocycles. The van der Waals surface area contributed by atoms with Gasteiger partial charge in [0.05, 0.1) is 26.4 Å². The normalized spacial score (nSPS) is 28.2. The average Bonchev–Trinajstić information content (AvgIpc) is 3.24. The lowest BCUT2D eigenvalue weighted by atomic mass is 9.97. The van der Waals surface area contributed by atoms with Crippen LogP contribution in [0.1, 0.15) is 19.3 Å². The Labute approximate surface area is 150 Å². The van der Waals surface area contributed by atoms with Crippen LogP contribution in [0, 0.1) is 5.92 Å². The highest BCUT2D eigenvalue weighted by atomic mass is 127. The minimum Gasteiger partial charge on any atom is -0.381 e. The standard InChI is InChI=1S/C15H28N4O2.HI/c1-18(13-2-3-13)15(16)17-10-14(12-4-7-21-11-12)19-5-8-20-9-6-19;/h12-14H,2-11H2,1H3,(H2,16,17);1H. The van der Waals surface area contributed by atoms with Crippen molar-refractivity contribution < 1.29 is 9.47 Å². The van der Waals surface area contributed by atoms with Gasteiger partial charge in [-0.05, 0) is 19.3 Å². The first-order chi connectivity index (χ1) is 10.3. The number of hydrogen-bond acceptors (Lipinski definition) is 4. The van der Waals surface area contributed by atoms with Crippen LogP contribution in [0.15, 0.2) is 4.99 Å². The maximum atomic E-state index is 6.14. The molecule has 0 radical (unpaired) electrons. The molecule has 0 aromatic heterocycles. The van der Waals surface area contributed by atoms with E-state index in [0.29, 0.717) is 24.0 Å². The van der Waals surface area contributed by atoms with Gasteiger partial charge in [0.15, 0.2) is 5.96 Å². The number of ether oxygens (including phenoxy) is 2. The Morgan fingerprint density at radius 1 is 1.23 bits per heavy atom. The molecule has 2 unspecified atom stereocenters. The highest BCUT2D eigenvalue weighted by Gasteiger charge is 2.32. The molecule has 2 atom stereocenters. The predicted octanol–water partition coefficient (Wildman–Crippen LogP) is 0.751. The van der Waals surface area contributed by atoms with E-state index in [1.54, 1.807) is 0 Å². The molecule has 1 aliphatic carbocycles. The van der Waals surface area contributed by atoms with Crippen LogP contribution in [0.25, 0.3) is 0 Å². The number of morpholine rings is 1. The third-order valence-corrected chi connectivity index (χ3v) is 4.92. The summed E-state index contributed by atoms with van der Waals surface area (Å²) in [5.74, 6) is 1.26. The third-order valence-electron chi connectivity index (χ3n) is 4.92. The van der Waals surface area contributed by atoms with Crippen molar-refractivity contribution in [2.75, 3.05) is 53.1 Å². The fourth-order valence-electron chi connectivity index (χ4n) is 3.28. The Bertz CT molecular complexity index is 367. The molecule has 0 amide bonds. The summed E-state index contributed by atoms with van der Waals surface area (Å²) in [5, 5.41) is 0. The average molecular weight is 424 g/mol. The van der Waals surface area contributed by atoms with Crippen molar-refractivity contribution in [1.29, 1.82) is 0 Å². The number of hydrogen-bond donors (Lipinski definition) is 1. The summed E-state index contributed by atoms with van der Waals surface area (Å²) in [6.07, 6.45) is 3.63. The molecule has 0 bridgehead atoms. The van der Waals surface area contributed by atoms with Gasteiger partial charge >= 0.3 is 0 Å². The van der Waals surface area contributed by atoms with E-state index in [9.17, 15) is 0 Å². The van der Waals surface area contributed by atoms with Gasteiger partial charge in [0.2, 0.25) is 0 Å². The Kier molecular flexibility index (Phi) is 7.17. The van der Waals surface area contributed by atoms with E-state index in [0.717, 1.165) is 52.5 Å². The minimum absolute atomic E-state index is 0. The SMILES string of the molecule is CN(C(N)=NCC(C1CCOC1)N1CCOCC1)C1CC1.I. The zero-order valence-electron chi connectivity index (χ0n) is 13.4. The lowest BCUT2D eigenvalue weighted by molar-refractivity contribution is 0.00365. The van der Waals surface area contributed by atoms with Crippen molar-refractivity contribution in [1.82, 2.24) is 9.80 Å². The Hall–Kier alpha value is -0.120. The Morgan fingerprint density at radius 3 is 2.55 bits per heavy atom. The van der Waals surface area contributed by atoms with E-state index >= 15 is 0 Å². The van der Waals surface area contributed by atoms with E-state index in [1.165, 1.54) is 12.8 Å². The quantitative estimate of drug-likeness (QED) is 0.401. The number of guanidine groups is 1. The molecule has 128 valence electrons. The van der Waals surface area contributed by atoms with Crippen molar-refractivity contribution in [3.05, 3.63) is 0 Å². The van der Waals surface area contributed by atoms with Crippen LogP contribution >= 0.6 is 24.0 Å². The minimum atomic E-state index is 0. The van der Waals surface area contributed by atoms with Crippen LogP contribution in [-0.2, 0) is 9.47 Å². The van der Waals surface area contributed by atoms with Crippen LogP contribution in [0.2, 0.25) is 0 Å². The topological polar surface area (TPSA) is 63.3 Å². The zero-order valence-corrected chi connectivity index (χ0v) is 15.8. The maximum absolute atomic E-state index is 6.14. The molecule has 0 aromatic carbocycles. The summed E-state index contributed by atoms with van der Waals surface area (Å²) in [6, 6.07) is 1.05. The van der Waals surface area contributed by atoms with Crippen LogP contribution in [-0.4, -0.2) is 81.0 Å². The monoisotopic (exact) mass is 424 g/mol. The van der Waals surface area contributed by atoms with Crippen molar-refractivity contribution >= 4 is 29.9 Å². The van der Waals surface area contributed by atoms with Crippen molar-refractivity contribution in [2.24, 2.45) is 16.6 Å². The molecule has 22 heavy (non-hydrogen) atoms. The first-order valence-corrected chi connectivity index (χ1v) is 8.18. The third kappa shape index (κ3) is 4.69. The van der Waals surface area contributed by atoms with Gasteiger partial charge in [-0.1, -0.05) is 0 Å². The van der Waals surface area contributed by atoms with Gasteiger partial charge in [-0.2, -0.15) is 0 Å². The summed E-state index contributed by atoms with van der Waals surface area (Å²) in [7, 11) is 2.05. The van der Waals surface area contributed by atoms with Gasteiger partial charge in [0, 0.05) is 44.7 Å². The molecule has 3 fully saturated rings. The second kappa shape index (κ2) is 8.65. The molecular weight excluding hydrogens is 395 g/mol. The summed E-state index contributed by atoms with van der Waals surface area (Å²) < 4.78 is 11.1. The van der Waals surface area contributed by atoms with Gasteiger partial charge < -0.3 is 20.1 Å². The van der Waals surface area contributed by atoms with Crippen LogP contribution < -0.4 is 5.73 Å². The summed E-state index contributed by atoms with van der Waals surface area (Å²) in [6.45, 7) is 6.15. The molecule has 1 saturated carbocycles. The largest absolute Gasteiger partial charge is 0.381 e. The smallest absolute Gasteiger partial charge is 0.191 e. The lowest BCUT2D eigenvalue weighted by Gasteiger charge is -2.36. The second-order valence-corrected chi connectivity index (χ2v) is 6.38. The van der Waals surface area contributed by atoms with E-state index in [4.69, 9.17) is 15.2 Å². The van der Waals surface area contributed by atoms with E-state index in [1.807, 2.05) is 0 Å². The Balaban J connectivity index is 0.00000176. The molecule has 3 rings (SSSR count). The van der Waals surface area contributed by atoms with Crippen LogP contribution in [0.3, 0.4) is 0 Å². The molecule has 3 aliphatic rings. The molecular formula is C15H29IN4O2. The molecule has 0 spiro atoms. The van der Waals surface area contributed by atoms with Crippen molar-refractivity contribution in [3.8, 4) is 0 Å². The molecule has 2 heterocycles. The predicted molar refractivity (Wildman–Crippen MR) is 97.8 cm³/mol. The fraction of sp³-hybridized carbons (Fsp3) is 0.933. The second-order valence-electron chi connectivity index (χ2n) is 6.38.